The van der Waals surface area contributed by atoms with Crippen LogP contribution in [-0.4, -0.2) is 11.8 Å². The van der Waals surface area contributed by atoms with Crippen LogP contribution in [0.2, 0.25) is 0 Å². The van der Waals surface area contributed by atoms with Gasteiger partial charge in [-0.2, -0.15) is 0 Å². The number of carbonyl (C=O) groups excluding carboxylic acids is 2. The van der Waals surface area contributed by atoms with E-state index in [1.165, 1.54) is 0 Å². The van der Waals surface area contributed by atoms with E-state index in [2.05, 4.69) is 48.3 Å². The average molecular weight is 533 g/mol. The molecule has 0 aromatic heterocycles. The number of carbonyl (C=O) groups is 2. The Balaban J connectivity index is 1.59. The van der Waals surface area contributed by atoms with Crippen LogP contribution in [0.4, 0.5) is 5.69 Å². The molecule has 2 aliphatic rings. The number of benzene rings is 5. The second kappa shape index (κ2) is 9.46. The van der Waals surface area contributed by atoms with Gasteiger partial charge in [0.2, 0.25) is 5.91 Å². The summed E-state index contributed by atoms with van der Waals surface area (Å²) in [7, 11) is 0. The number of rotatable bonds is 5. The lowest BCUT2D eigenvalue weighted by Crippen LogP contribution is -2.57. The summed E-state index contributed by atoms with van der Waals surface area (Å²) in [6, 6.07) is 48.0. The standard InChI is InChI=1S/C37H28N2O2/c1-26-33(27-16-6-2-7-17-27)36(38-34(26)40)31-24-14-15-25-32(31)39(35(36)41)37(28-18-8-3-9-19-28,29-20-10-4-11-21-29)30-22-12-5-13-23-30/h2-25,33H,1H2,(H,38,40)/t33-,36-/m1/s1. The molecule has 5 aromatic carbocycles. The minimum Gasteiger partial charge on any atom is -0.333 e. The predicted octanol–water partition coefficient (Wildman–Crippen LogP) is 6.69. The molecule has 2 atom stereocenters. The molecule has 7 rings (SSSR count). The summed E-state index contributed by atoms with van der Waals surface area (Å²) in [5, 5.41) is 3.16. The minimum atomic E-state index is -1.35. The molecular weight excluding hydrogens is 504 g/mol. The quantitative estimate of drug-likeness (QED) is 0.203. The van der Waals surface area contributed by atoms with E-state index >= 15 is 4.79 Å². The van der Waals surface area contributed by atoms with Crippen LogP contribution in [-0.2, 0) is 20.7 Å². The molecule has 5 aromatic rings. The van der Waals surface area contributed by atoms with Crippen molar-refractivity contribution in [1.29, 1.82) is 0 Å². The van der Waals surface area contributed by atoms with Crippen LogP contribution >= 0.6 is 0 Å². The Bertz CT molecular complexity index is 1670. The van der Waals surface area contributed by atoms with Crippen molar-refractivity contribution in [1.82, 2.24) is 5.32 Å². The fourth-order valence-corrected chi connectivity index (χ4v) is 6.88. The van der Waals surface area contributed by atoms with Crippen molar-refractivity contribution in [3.63, 3.8) is 0 Å². The molecule has 41 heavy (non-hydrogen) atoms. The molecule has 0 radical (unpaired) electrons. The van der Waals surface area contributed by atoms with Gasteiger partial charge in [0, 0.05) is 11.1 Å². The molecule has 1 N–H and O–H groups in total. The number of nitrogens with zero attached hydrogens (tertiary/aromatic N) is 1. The summed E-state index contributed by atoms with van der Waals surface area (Å²) in [6.07, 6.45) is 0. The average Bonchev–Trinajstić information content (AvgIpc) is 3.45. The van der Waals surface area contributed by atoms with E-state index in [1.54, 1.807) is 0 Å². The fraction of sp³-hybridized carbons (Fsp3) is 0.0811. The summed E-state index contributed by atoms with van der Waals surface area (Å²) in [4.78, 5) is 30.9. The van der Waals surface area contributed by atoms with Gasteiger partial charge in [-0.25, -0.2) is 0 Å². The number of nitrogens with one attached hydrogen (secondary N) is 1. The maximum Gasteiger partial charge on any atom is 0.259 e. The molecule has 4 heteroatoms. The monoisotopic (exact) mass is 532 g/mol. The van der Waals surface area contributed by atoms with Crippen molar-refractivity contribution < 1.29 is 9.59 Å². The lowest BCUT2D eigenvalue weighted by molar-refractivity contribution is -0.128. The highest BCUT2D eigenvalue weighted by Crippen LogP contribution is 2.58. The Morgan fingerprint density at radius 1 is 0.610 bits per heavy atom. The molecule has 2 aliphatic heterocycles. The molecule has 0 aliphatic carbocycles. The van der Waals surface area contributed by atoms with Gasteiger partial charge < -0.3 is 5.32 Å². The molecule has 198 valence electrons. The van der Waals surface area contributed by atoms with E-state index in [0.717, 1.165) is 33.5 Å². The van der Waals surface area contributed by atoms with Gasteiger partial charge in [-0.05, 0) is 28.3 Å². The lowest BCUT2D eigenvalue weighted by atomic mass is 9.73. The molecule has 2 heterocycles. The summed E-state index contributed by atoms with van der Waals surface area (Å²) < 4.78 is 0. The number of anilines is 1. The van der Waals surface area contributed by atoms with Crippen molar-refractivity contribution >= 4 is 17.5 Å². The Labute approximate surface area is 239 Å². The van der Waals surface area contributed by atoms with Gasteiger partial charge in [-0.1, -0.05) is 146 Å². The zero-order valence-corrected chi connectivity index (χ0v) is 22.4. The minimum absolute atomic E-state index is 0.198. The first-order valence-corrected chi connectivity index (χ1v) is 13.8. The second-order valence-electron chi connectivity index (χ2n) is 10.6. The third-order valence-electron chi connectivity index (χ3n) is 8.54. The van der Waals surface area contributed by atoms with Crippen molar-refractivity contribution in [3.05, 3.63) is 186 Å². The summed E-state index contributed by atoms with van der Waals surface area (Å²) in [5.74, 6) is -1.08. The first kappa shape index (κ1) is 24.8. The van der Waals surface area contributed by atoms with Crippen LogP contribution in [0, 0.1) is 0 Å². The molecule has 2 amide bonds. The van der Waals surface area contributed by atoms with Crippen molar-refractivity contribution in [2.24, 2.45) is 0 Å². The fourth-order valence-electron chi connectivity index (χ4n) is 6.88. The number of hydrogen-bond donors (Lipinski definition) is 1. The van der Waals surface area contributed by atoms with E-state index in [9.17, 15) is 4.79 Å². The third kappa shape index (κ3) is 3.40. The molecule has 1 saturated heterocycles. The van der Waals surface area contributed by atoms with Gasteiger partial charge in [0.25, 0.3) is 5.91 Å². The highest BCUT2D eigenvalue weighted by molar-refractivity contribution is 6.17. The maximum atomic E-state index is 15.5. The molecule has 1 fully saturated rings. The van der Waals surface area contributed by atoms with E-state index in [1.807, 2.05) is 114 Å². The van der Waals surface area contributed by atoms with Crippen LogP contribution in [0.25, 0.3) is 0 Å². The van der Waals surface area contributed by atoms with Gasteiger partial charge in [0.1, 0.15) is 5.54 Å². The van der Waals surface area contributed by atoms with Gasteiger partial charge in [-0.15, -0.1) is 0 Å². The smallest absolute Gasteiger partial charge is 0.259 e. The Morgan fingerprint density at radius 2 is 1.05 bits per heavy atom. The zero-order valence-electron chi connectivity index (χ0n) is 22.4. The number of fused-ring (bicyclic) bond motifs is 2. The lowest BCUT2D eigenvalue weighted by Gasteiger charge is -2.45. The number of hydrogen-bond acceptors (Lipinski definition) is 2. The van der Waals surface area contributed by atoms with Crippen molar-refractivity contribution in [2.45, 2.75) is 17.0 Å². The molecule has 0 saturated carbocycles. The van der Waals surface area contributed by atoms with Gasteiger partial charge in [0.15, 0.2) is 5.54 Å². The van der Waals surface area contributed by atoms with Crippen LogP contribution < -0.4 is 10.2 Å². The van der Waals surface area contributed by atoms with Crippen LogP contribution in [0.3, 0.4) is 0 Å². The van der Waals surface area contributed by atoms with Gasteiger partial charge >= 0.3 is 0 Å². The number of para-hydroxylation sites is 1. The second-order valence-corrected chi connectivity index (χ2v) is 10.6. The Morgan fingerprint density at radius 3 is 1.56 bits per heavy atom. The first-order chi connectivity index (χ1) is 20.1. The first-order valence-electron chi connectivity index (χ1n) is 13.8. The van der Waals surface area contributed by atoms with Crippen LogP contribution in [0.5, 0.6) is 0 Å². The normalized spacial score (nSPS) is 19.9. The van der Waals surface area contributed by atoms with E-state index < -0.39 is 17.0 Å². The Hall–Kier alpha value is -5.22. The third-order valence-corrected chi connectivity index (χ3v) is 8.54. The molecule has 1 spiro atoms. The van der Waals surface area contributed by atoms with Crippen molar-refractivity contribution in [2.75, 3.05) is 4.90 Å². The maximum absolute atomic E-state index is 15.5. The summed E-state index contributed by atoms with van der Waals surface area (Å²) in [5.41, 5.74) is 3.21. The topological polar surface area (TPSA) is 49.4 Å². The van der Waals surface area contributed by atoms with Crippen LogP contribution in [0.1, 0.15) is 33.7 Å². The van der Waals surface area contributed by atoms with Crippen LogP contribution in [0.15, 0.2) is 158 Å². The van der Waals surface area contributed by atoms with Crippen molar-refractivity contribution in [3.8, 4) is 0 Å². The molecule has 4 nitrogen and oxygen atoms in total. The highest BCUT2D eigenvalue weighted by Gasteiger charge is 2.65. The predicted molar refractivity (Wildman–Crippen MR) is 161 cm³/mol. The Kier molecular flexibility index (Phi) is 5.72. The van der Waals surface area contributed by atoms with Gasteiger partial charge in [-0.3, -0.25) is 14.5 Å². The molecule has 0 bridgehead atoms. The molecular formula is C37H28N2O2. The van der Waals surface area contributed by atoms with Gasteiger partial charge in [0.05, 0.1) is 11.6 Å². The van der Waals surface area contributed by atoms with E-state index in [0.29, 0.717) is 5.57 Å². The van der Waals surface area contributed by atoms with E-state index in [-0.39, 0.29) is 11.8 Å². The molecule has 0 unspecified atom stereocenters. The zero-order chi connectivity index (χ0) is 28.0. The SMILES string of the molecule is C=C1C(=O)N[C@@]2(C(=O)N(C(c3ccccc3)(c3ccccc3)c3ccccc3)c3ccccc32)[C@H]1c1ccccc1. The largest absolute Gasteiger partial charge is 0.333 e. The highest BCUT2D eigenvalue weighted by atomic mass is 16.2. The number of amides is 2. The summed E-state index contributed by atoms with van der Waals surface area (Å²) >= 11 is 0. The van der Waals surface area contributed by atoms with E-state index in [4.69, 9.17) is 0 Å². The summed E-state index contributed by atoms with van der Waals surface area (Å²) in [6.45, 7) is 4.20.